The fourth-order valence-electron chi connectivity index (χ4n) is 1.82. The van der Waals surface area contributed by atoms with Crippen molar-refractivity contribution < 1.29 is 8.42 Å². The molecule has 1 aromatic carbocycles. The summed E-state index contributed by atoms with van der Waals surface area (Å²) >= 11 is 6.72. The number of thiazole rings is 1. The van der Waals surface area contributed by atoms with Crippen LogP contribution in [0, 0.1) is 18.3 Å². The molecule has 0 aliphatic carbocycles. The van der Waals surface area contributed by atoms with E-state index in [0.29, 0.717) is 11.4 Å². The van der Waals surface area contributed by atoms with Crippen molar-refractivity contribution in [2.24, 2.45) is 0 Å². The molecule has 0 saturated carbocycles. The summed E-state index contributed by atoms with van der Waals surface area (Å²) in [6.07, 6.45) is 0.0969. The fourth-order valence-corrected chi connectivity index (χ4v) is 5.13. The molecule has 0 atom stereocenters. The van der Waals surface area contributed by atoms with Crippen molar-refractivity contribution in [3.8, 4) is 6.07 Å². The molecule has 0 amide bonds. The monoisotopic (exact) mass is 341 g/mol. The molecular formula is C13H12ClN3O2S2. The third kappa shape index (κ3) is 3.35. The number of nitrogens with zero attached hydrogens (tertiary/aromatic N) is 3. The van der Waals surface area contributed by atoms with E-state index in [4.69, 9.17) is 16.9 Å². The normalized spacial score (nSPS) is 11.1. The molecule has 0 aliphatic rings. The van der Waals surface area contributed by atoms with E-state index in [0.717, 1.165) is 11.3 Å². The third-order valence-electron chi connectivity index (χ3n) is 2.72. The summed E-state index contributed by atoms with van der Waals surface area (Å²) in [6.45, 7) is 1.68. The standard InChI is InChI=1S/C13H12ClN3O2S2/c1-10-12(20-13(14)16-10)21(18,19)17(9-5-8-15)11-6-3-2-4-7-11/h2-4,6-7H,5,9H2,1H3. The van der Waals surface area contributed by atoms with E-state index in [2.05, 4.69) is 4.98 Å². The lowest BCUT2D eigenvalue weighted by molar-refractivity contribution is 0.592. The number of hydrogen-bond donors (Lipinski definition) is 0. The highest BCUT2D eigenvalue weighted by Gasteiger charge is 2.29. The van der Waals surface area contributed by atoms with E-state index < -0.39 is 10.0 Å². The minimum atomic E-state index is -3.78. The summed E-state index contributed by atoms with van der Waals surface area (Å²) in [5, 5.41) is 8.75. The van der Waals surface area contributed by atoms with Gasteiger partial charge in [0.15, 0.2) is 8.68 Å². The van der Waals surface area contributed by atoms with Crippen LogP contribution in [0.4, 0.5) is 5.69 Å². The van der Waals surface area contributed by atoms with Gasteiger partial charge >= 0.3 is 0 Å². The predicted octanol–water partition coefficient (Wildman–Crippen LogP) is 3.21. The number of nitriles is 1. The first-order valence-corrected chi connectivity index (χ1v) is 8.68. The highest BCUT2D eigenvalue weighted by molar-refractivity contribution is 7.94. The van der Waals surface area contributed by atoms with Crippen molar-refractivity contribution in [1.82, 2.24) is 4.98 Å². The van der Waals surface area contributed by atoms with Crippen molar-refractivity contribution in [2.45, 2.75) is 17.6 Å². The number of benzene rings is 1. The molecule has 0 bridgehead atoms. The van der Waals surface area contributed by atoms with Crippen LogP contribution in [0.2, 0.25) is 4.47 Å². The average Bonchev–Trinajstić information content (AvgIpc) is 2.80. The molecule has 0 spiro atoms. The number of aryl methyl sites for hydroxylation is 1. The maximum atomic E-state index is 12.8. The van der Waals surface area contributed by atoms with Gasteiger partial charge in [0.05, 0.1) is 23.9 Å². The maximum Gasteiger partial charge on any atom is 0.275 e. The highest BCUT2D eigenvalue weighted by atomic mass is 35.5. The van der Waals surface area contributed by atoms with Gasteiger partial charge in [-0.3, -0.25) is 4.31 Å². The molecule has 110 valence electrons. The molecular weight excluding hydrogens is 330 g/mol. The zero-order valence-electron chi connectivity index (χ0n) is 11.2. The quantitative estimate of drug-likeness (QED) is 0.836. The maximum absolute atomic E-state index is 12.8. The molecule has 0 unspecified atom stereocenters. The Balaban J connectivity index is 2.50. The van der Waals surface area contributed by atoms with Crippen LogP contribution in [0.25, 0.3) is 0 Å². The molecule has 2 aromatic rings. The van der Waals surface area contributed by atoms with E-state index in [1.807, 2.05) is 6.07 Å². The molecule has 8 heteroatoms. The molecule has 0 saturated heterocycles. The fraction of sp³-hybridized carbons (Fsp3) is 0.231. The first-order chi connectivity index (χ1) is 9.96. The van der Waals surface area contributed by atoms with Gasteiger partial charge in [-0.25, -0.2) is 13.4 Å². The van der Waals surface area contributed by atoms with Crippen molar-refractivity contribution in [1.29, 1.82) is 5.26 Å². The van der Waals surface area contributed by atoms with E-state index in [1.165, 1.54) is 4.31 Å². The van der Waals surface area contributed by atoms with Crippen LogP contribution < -0.4 is 4.31 Å². The zero-order chi connectivity index (χ0) is 15.5. The Labute approximate surface area is 132 Å². The lowest BCUT2D eigenvalue weighted by Crippen LogP contribution is -2.31. The summed E-state index contributed by atoms with van der Waals surface area (Å²) in [7, 11) is -3.78. The molecule has 21 heavy (non-hydrogen) atoms. The van der Waals surface area contributed by atoms with Crippen LogP contribution >= 0.6 is 22.9 Å². The Bertz CT molecular complexity index is 766. The summed E-state index contributed by atoms with van der Waals surface area (Å²) in [6, 6.07) is 10.6. The number of sulfonamides is 1. The molecule has 1 heterocycles. The minimum Gasteiger partial charge on any atom is -0.265 e. The van der Waals surface area contributed by atoms with Crippen LogP contribution in [-0.4, -0.2) is 19.9 Å². The van der Waals surface area contributed by atoms with Crippen molar-refractivity contribution >= 4 is 38.6 Å². The van der Waals surface area contributed by atoms with Gasteiger partial charge in [0, 0.05) is 6.54 Å². The Morgan fingerprint density at radius 3 is 2.57 bits per heavy atom. The van der Waals surface area contributed by atoms with E-state index in [1.54, 1.807) is 37.3 Å². The van der Waals surface area contributed by atoms with E-state index >= 15 is 0 Å². The minimum absolute atomic E-state index is 0.0812. The van der Waals surface area contributed by atoms with Gasteiger partial charge in [-0.15, -0.1) is 0 Å². The molecule has 5 nitrogen and oxygen atoms in total. The molecule has 0 fully saturated rings. The molecule has 2 rings (SSSR count). The summed E-state index contributed by atoms with van der Waals surface area (Å²) in [5.41, 5.74) is 0.875. The first kappa shape index (κ1) is 15.8. The van der Waals surface area contributed by atoms with Crippen LogP contribution in [0.3, 0.4) is 0 Å². The summed E-state index contributed by atoms with van der Waals surface area (Å²) < 4.78 is 27.1. The number of para-hydroxylation sites is 1. The Morgan fingerprint density at radius 1 is 1.38 bits per heavy atom. The third-order valence-corrected chi connectivity index (χ3v) is 6.40. The zero-order valence-corrected chi connectivity index (χ0v) is 13.5. The number of aromatic nitrogens is 1. The Kier molecular flexibility index (Phi) is 4.83. The second-order valence-corrected chi connectivity index (χ2v) is 7.80. The van der Waals surface area contributed by atoms with Crippen LogP contribution in [0.15, 0.2) is 34.5 Å². The van der Waals surface area contributed by atoms with Crippen molar-refractivity contribution in [3.05, 3.63) is 40.5 Å². The second-order valence-electron chi connectivity index (χ2n) is 4.16. The topological polar surface area (TPSA) is 74.1 Å². The average molecular weight is 342 g/mol. The van der Waals surface area contributed by atoms with Gasteiger partial charge in [-0.2, -0.15) is 5.26 Å². The summed E-state index contributed by atoms with van der Waals surface area (Å²) in [4.78, 5) is 3.95. The van der Waals surface area contributed by atoms with E-state index in [-0.39, 0.29) is 21.6 Å². The lowest BCUT2D eigenvalue weighted by atomic mass is 10.3. The molecule has 0 N–H and O–H groups in total. The van der Waals surface area contributed by atoms with Gasteiger partial charge < -0.3 is 0 Å². The van der Waals surface area contributed by atoms with Crippen LogP contribution in [-0.2, 0) is 10.0 Å². The van der Waals surface area contributed by atoms with Crippen molar-refractivity contribution in [2.75, 3.05) is 10.8 Å². The van der Waals surface area contributed by atoms with Gasteiger partial charge in [-0.1, -0.05) is 41.1 Å². The number of rotatable bonds is 5. The number of anilines is 1. The second kappa shape index (κ2) is 6.43. The highest BCUT2D eigenvalue weighted by Crippen LogP contribution is 2.31. The molecule has 0 radical (unpaired) electrons. The van der Waals surface area contributed by atoms with Crippen LogP contribution in [0.5, 0.6) is 0 Å². The van der Waals surface area contributed by atoms with Gasteiger partial charge in [0.1, 0.15) is 0 Å². The SMILES string of the molecule is Cc1nc(Cl)sc1S(=O)(=O)N(CCC#N)c1ccccc1. The number of hydrogen-bond acceptors (Lipinski definition) is 5. The van der Waals surface area contributed by atoms with Gasteiger partial charge in [-0.05, 0) is 19.1 Å². The van der Waals surface area contributed by atoms with Crippen molar-refractivity contribution in [3.63, 3.8) is 0 Å². The Morgan fingerprint density at radius 2 is 2.05 bits per heavy atom. The molecule has 1 aromatic heterocycles. The molecule has 0 aliphatic heterocycles. The predicted molar refractivity (Wildman–Crippen MR) is 83.1 cm³/mol. The Hall–Kier alpha value is -1.62. The first-order valence-electron chi connectivity index (χ1n) is 6.04. The smallest absolute Gasteiger partial charge is 0.265 e. The van der Waals surface area contributed by atoms with E-state index in [9.17, 15) is 8.42 Å². The van der Waals surface area contributed by atoms with Crippen LogP contribution in [0.1, 0.15) is 12.1 Å². The number of halogens is 1. The largest absolute Gasteiger partial charge is 0.275 e. The lowest BCUT2D eigenvalue weighted by Gasteiger charge is -2.22. The van der Waals surface area contributed by atoms with Gasteiger partial charge in [0.2, 0.25) is 0 Å². The van der Waals surface area contributed by atoms with Gasteiger partial charge in [0.25, 0.3) is 10.0 Å². The summed E-state index contributed by atoms with van der Waals surface area (Å²) in [5.74, 6) is 0.